The van der Waals surface area contributed by atoms with Gasteiger partial charge in [0.25, 0.3) is 0 Å². The van der Waals surface area contributed by atoms with Crippen molar-refractivity contribution in [3.05, 3.63) is 0 Å². The first-order chi connectivity index (χ1) is 7.58. The Bertz CT molecular complexity index is 240. The molecule has 2 saturated carbocycles. The summed E-state index contributed by atoms with van der Waals surface area (Å²) in [6, 6.07) is 0. The van der Waals surface area contributed by atoms with Gasteiger partial charge in [-0.2, -0.15) is 0 Å². The molecule has 0 aromatic carbocycles. The molecule has 0 aromatic heterocycles. The van der Waals surface area contributed by atoms with Gasteiger partial charge >= 0.3 is 0 Å². The number of hydrogen-bond donors (Lipinski definition) is 0. The van der Waals surface area contributed by atoms with Crippen molar-refractivity contribution < 1.29 is 0 Å². The summed E-state index contributed by atoms with van der Waals surface area (Å²) >= 11 is 0. The molecule has 0 spiro atoms. The molecule has 0 nitrogen and oxygen atoms in total. The molecule has 0 bridgehead atoms. The first-order valence-corrected chi connectivity index (χ1v) is 7.58. The molecule has 0 heteroatoms. The van der Waals surface area contributed by atoms with Crippen LogP contribution in [0.15, 0.2) is 0 Å². The molecule has 16 heavy (non-hydrogen) atoms. The van der Waals surface area contributed by atoms with Crippen molar-refractivity contribution in [2.24, 2.45) is 35.0 Å². The van der Waals surface area contributed by atoms with Gasteiger partial charge in [-0.3, -0.25) is 0 Å². The topological polar surface area (TPSA) is 0 Å². The predicted octanol–water partition coefficient (Wildman–Crippen LogP) is 5.13. The van der Waals surface area contributed by atoms with Gasteiger partial charge in [0.1, 0.15) is 0 Å². The third-order valence-electron chi connectivity index (χ3n) is 6.57. The molecule has 2 fully saturated rings. The Balaban J connectivity index is 2.27. The minimum atomic E-state index is 0.716. The van der Waals surface area contributed by atoms with E-state index in [-0.39, 0.29) is 0 Å². The summed E-state index contributed by atoms with van der Waals surface area (Å²) in [4.78, 5) is 0. The van der Waals surface area contributed by atoms with E-state index in [1.54, 1.807) is 0 Å². The first-order valence-electron chi connectivity index (χ1n) is 7.58. The van der Waals surface area contributed by atoms with Gasteiger partial charge in [-0.05, 0) is 54.3 Å². The van der Waals surface area contributed by atoms with E-state index >= 15 is 0 Å². The lowest BCUT2D eigenvalue weighted by molar-refractivity contribution is -0.177. The Hall–Kier alpha value is 0. The van der Waals surface area contributed by atoms with Gasteiger partial charge in [0.15, 0.2) is 0 Å². The monoisotopic (exact) mass is 222 g/mol. The van der Waals surface area contributed by atoms with Gasteiger partial charge in [-0.25, -0.2) is 0 Å². The van der Waals surface area contributed by atoms with Gasteiger partial charge < -0.3 is 0 Å². The lowest BCUT2D eigenvalue weighted by Gasteiger charge is -2.66. The standard InChI is InChI=1S/C16H30/c1-6-11(3)16-12(4)10-15(16)9-8-14(7-2)13(16)5/h11-15H,6-10H2,1-5H3. The molecule has 0 saturated heterocycles. The Labute approximate surface area is 102 Å². The predicted molar refractivity (Wildman–Crippen MR) is 71.3 cm³/mol. The highest BCUT2D eigenvalue weighted by molar-refractivity contribution is 5.08. The number of rotatable bonds is 3. The third kappa shape index (κ3) is 1.41. The molecule has 2 rings (SSSR count). The first kappa shape index (κ1) is 12.5. The summed E-state index contributed by atoms with van der Waals surface area (Å²) in [5.74, 6) is 4.96. The average molecular weight is 222 g/mol. The molecule has 0 radical (unpaired) electrons. The second-order valence-electron chi connectivity index (χ2n) is 6.68. The molecule has 0 N–H and O–H groups in total. The number of hydrogen-bond acceptors (Lipinski definition) is 0. The number of fused-ring (bicyclic) bond motifs is 1. The molecule has 0 aliphatic heterocycles. The summed E-state index contributed by atoms with van der Waals surface area (Å²) < 4.78 is 0. The highest BCUT2D eigenvalue weighted by Crippen LogP contribution is 2.67. The Kier molecular flexibility index (Phi) is 3.39. The van der Waals surface area contributed by atoms with Crippen molar-refractivity contribution in [1.82, 2.24) is 0 Å². The second kappa shape index (κ2) is 4.35. The van der Waals surface area contributed by atoms with Crippen LogP contribution >= 0.6 is 0 Å². The Morgan fingerprint density at radius 1 is 1.19 bits per heavy atom. The smallest absolute Gasteiger partial charge is 0.0189 e. The average Bonchev–Trinajstić information content (AvgIpc) is 2.27. The maximum absolute atomic E-state index is 2.57. The quantitative estimate of drug-likeness (QED) is 0.621. The molecule has 6 atom stereocenters. The van der Waals surface area contributed by atoms with Gasteiger partial charge in [-0.1, -0.05) is 47.5 Å². The molecule has 0 amide bonds. The Morgan fingerprint density at radius 2 is 1.88 bits per heavy atom. The maximum atomic E-state index is 2.57. The summed E-state index contributed by atoms with van der Waals surface area (Å²) in [6.07, 6.45) is 7.33. The van der Waals surface area contributed by atoms with Crippen LogP contribution in [-0.2, 0) is 0 Å². The van der Waals surface area contributed by atoms with Gasteiger partial charge in [-0.15, -0.1) is 0 Å². The highest BCUT2D eigenvalue weighted by atomic mass is 14.6. The van der Waals surface area contributed by atoms with E-state index < -0.39 is 0 Å². The molecule has 0 heterocycles. The zero-order valence-electron chi connectivity index (χ0n) is 11.9. The molecule has 2 aliphatic carbocycles. The van der Waals surface area contributed by atoms with Crippen molar-refractivity contribution in [2.45, 2.75) is 66.7 Å². The molecular weight excluding hydrogens is 192 g/mol. The molecule has 6 unspecified atom stereocenters. The largest absolute Gasteiger partial charge is 0.0651 e. The van der Waals surface area contributed by atoms with E-state index in [1.165, 1.54) is 32.1 Å². The lowest BCUT2D eigenvalue weighted by atomic mass is 9.39. The molecular formula is C16H30. The van der Waals surface area contributed by atoms with Crippen LogP contribution < -0.4 is 0 Å². The van der Waals surface area contributed by atoms with Crippen molar-refractivity contribution in [3.63, 3.8) is 0 Å². The normalized spacial score (nSPS) is 49.3. The van der Waals surface area contributed by atoms with E-state index in [1.807, 2.05) is 0 Å². The summed E-state index contributed by atoms with van der Waals surface area (Å²) in [5, 5.41) is 0. The summed E-state index contributed by atoms with van der Waals surface area (Å²) in [7, 11) is 0. The van der Waals surface area contributed by atoms with Gasteiger partial charge in [0.05, 0.1) is 0 Å². The highest BCUT2D eigenvalue weighted by Gasteiger charge is 2.60. The van der Waals surface area contributed by atoms with Crippen LogP contribution in [0.2, 0.25) is 0 Å². The molecule has 2 aliphatic rings. The zero-order valence-corrected chi connectivity index (χ0v) is 11.9. The fraction of sp³-hybridized carbons (Fsp3) is 1.00. The van der Waals surface area contributed by atoms with E-state index in [4.69, 9.17) is 0 Å². The van der Waals surface area contributed by atoms with Crippen LogP contribution in [0, 0.1) is 35.0 Å². The van der Waals surface area contributed by atoms with E-state index in [0.29, 0.717) is 5.41 Å². The zero-order chi connectivity index (χ0) is 11.9. The van der Waals surface area contributed by atoms with Crippen molar-refractivity contribution in [2.75, 3.05) is 0 Å². The van der Waals surface area contributed by atoms with E-state index in [9.17, 15) is 0 Å². The fourth-order valence-electron chi connectivity index (χ4n) is 5.59. The molecule has 0 aromatic rings. The van der Waals surface area contributed by atoms with Crippen LogP contribution in [0.4, 0.5) is 0 Å². The maximum Gasteiger partial charge on any atom is -0.0189 e. The van der Waals surface area contributed by atoms with Crippen LogP contribution in [0.3, 0.4) is 0 Å². The summed E-state index contributed by atoms with van der Waals surface area (Å²) in [5.41, 5.74) is 0.716. The second-order valence-corrected chi connectivity index (χ2v) is 6.68. The molecule has 94 valence electrons. The minimum Gasteiger partial charge on any atom is -0.0651 e. The van der Waals surface area contributed by atoms with Gasteiger partial charge in [0.2, 0.25) is 0 Å². The minimum absolute atomic E-state index is 0.716. The SMILES string of the molecule is CCC1CCC2CC(C)C2(C(C)CC)C1C. The van der Waals surface area contributed by atoms with E-state index in [0.717, 1.165) is 29.6 Å². The van der Waals surface area contributed by atoms with Crippen LogP contribution in [0.1, 0.15) is 66.7 Å². The Morgan fingerprint density at radius 3 is 2.38 bits per heavy atom. The van der Waals surface area contributed by atoms with Crippen molar-refractivity contribution in [1.29, 1.82) is 0 Å². The van der Waals surface area contributed by atoms with Crippen LogP contribution in [-0.4, -0.2) is 0 Å². The van der Waals surface area contributed by atoms with Crippen LogP contribution in [0.5, 0.6) is 0 Å². The van der Waals surface area contributed by atoms with Crippen molar-refractivity contribution >= 4 is 0 Å². The third-order valence-corrected chi connectivity index (χ3v) is 6.57. The van der Waals surface area contributed by atoms with Crippen molar-refractivity contribution in [3.8, 4) is 0 Å². The fourth-order valence-corrected chi connectivity index (χ4v) is 5.59. The van der Waals surface area contributed by atoms with Crippen LogP contribution in [0.25, 0.3) is 0 Å². The van der Waals surface area contributed by atoms with Gasteiger partial charge in [0, 0.05) is 0 Å². The van der Waals surface area contributed by atoms with E-state index in [2.05, 4.69) is 34.6 Å². The summed E-state index contributed by atoms with van der Waals surface area (Å²) in [6.45, 7) is 12.4. The lowest BCUT2D eigenvalue weighted by Crippen LogP contribution is -2.59.